The van der Waals surface area contributed by atoms with E-state index in [1.807, 2.05) is 0 Å². The Hall–Kier alpha value is -0.0800. The van der Waals surface area contributed by atoms with Gasteiger partial charge >= 0.3 is 0 Å². The zero-order valence-corrected chi connectivity index (χ0v) is 9.51. The van der Waals surface area contributed by atoms with Crippen LogP contribution in [-0.4, -0.2) is 23.8 Å². The van der Waals surface area contributed by atoms with Crippen molar-refractivity contribution in [3.8, 4) is 0 Å². The molecule has 2 nitrogen and oxygen atoms in total. The molecule has 2 N–H and O–H groups in total. The van der Waals surface area contributed by atoms with Gasteiger partial charge in [-0.2, -0.15) is 0 Å². The maximum absolute atomic E-state index is 9.24. The first-order chi connectivity index (χ1) is 6.19. The lowest BCUT2D eigenvalue weighted by Gasteiger charge is -2.27. The molecule has 0 aliphatic rings. The maximum atomic E-state index is 9.24. The van der Waals surface area contributed by atoms with Gasteiger partial charge in [-0.3, -0.25) is 0 Å². The van der Waals surface area contributed by atoms with Crippen LogP contribution in [-0.2, 0) is 0 Å². The summed E-state index contributed by atoms with van der Waals surface area (Å²) < 4.78 is 0. The van der Waals surface area contributed by atoms with Gasteiger partial charge in [0.15, 0.2) is 0 Å². The minimum Gasteiger partial charge on any atom is -0.395 e. The summed E-state index contributed by atoms with van der Waals surface area (Å²) in [5.41, 5.74) is 0. The molecule has 2 heteroatoms. The van der Waals surface area contributed by atoms with Crippen molar-refractivity contribution in [3.05, 3.63) is 0 Å². The molecule has 13 heavy (non-hydrogen) atoms. The highest BCUT2D eigenvalue weighted by atomic mass is 16.3. The fourth-order valence-electron chi connectivity index (χ4n) is 1.68. The number of aliphatic hydroxyl groups is 1. The lowest BCUT2D eigenvalue weighted by molar-refractivity contribution is 0.181. The summed E-state index contributed by atoms with van der Waals surface area (Å²) in [5, 5.41) is 12.7. The van der Waals surface area contributed by atoms with Crippen LogP contribution in [0.2, 0.25) is 0 Å². The number of rotatable bonds is 7. The fourth-order valence-corrected chi connectivity index (χ4v) is 1.68. The van der Waals surface area contributed by atoms with E-state index in [1.54, 1.807) is 0 Å². The highest BCUT2D eigenvalue weighted by molar-refractivity contribution is 4.76. The standard InChI is InChI=1S/C11H25NO/c1-5-9(4)12-11(8-13)10(6-2)7-3/h9-13H,5-8H2,1-4H3. The number of hydrogen-bond donors (Lipinski definition) is 2. The molecule has 80 valence electrons. The van der Waals surface area contributed by atoms with Crippen molar-refractivity contribution in [3.63, 3.8) is 0 Å². The van der Waals surface area contributed by atoms with Gasteiger partial charge in [-0.25, -0.2) is 0 Å². The van der Waals surface area contributed by atoms with Crippen LogP contribution < -0.4 is 5.32 Å². The Morgan fingerprint density at radius 3 is 1.92 bits per heavy atom. The predicted octanol–water partition coefficient (Wildman–Crippen LogP) is 2.17. The first-order valence-electron chi connectivity index (χ1n) is 5.56. The average Bonchev–Trinajstić information content (AvgIpc) is 2.17. The van der Waals surface area contributed by atoms with Gasteiger partial charge in [0.05, 0.1) is 6.61 Å². The zero-order chi connectivity index (χ0) is 10.3. The van der Waals surface area contributed by atoms with Crippen molar-refractivity contribution in [2.24, 2.45) is 5.92 Å². The number of nitrogens with one attached hydrogen (secondary N) is 1. The lowest BCUT2D eigenvalue weighted by Crippen LogP contribution is -2.43. The zero-order valence-electron chi connectivity index (χ0n) is 9.51. The van der Waals surface area contributed by atoms with Crippen LogP contribution in [0.5, 0.6) is 0 Å². The molecule has 0 saturated carbocycles. The van der Waals surface area contributed by atoms with Crippen LogP contribution in [0.15, 0.2) is 0 Å². The van der Waals surface area contributed by atoms with Crippen LogP contribution in [0.4, 0.5) is 0 Å². The molecule has 0 aromatic rings. The monoisotopic (exact) mass is 187 g/mol. The molecule has 0 spiro atoms. The highest BCUT2D eigenvalue weighted by Gasteiger charge is 2.18. The summed E-state index contributed by atoms with van der Waals surface area (Å²) in [6.07, 6.45) is 3.41. The van der Waals surface area contributed by atoms with Crippen molar-refractivity contribution < 1.29 is 5.11 Å². The van der Waals surface area contributed by atoms with Crippen LogP contribution in [0.25, 0.3) is 0 Å². The van der Waals surface area contributed by atoms with Crippen molar-refractivity contribution in [2.75, 3.05) is 6.61 Å². The molecule has 2 atom stereocenters. The van der Waals surface area contributed by atoms with Gasteiger partial charge in [-0.05, 0) is 19.3 Å². The van der Waals surface area contributed by atoms with E-state index in [-0.39, 0.29) is 12.6 Å². The Balaban J connectivity index is 3.98. The molecule has 0 saturated heterocycles. The summed E-state index contributed by atoms with van der Waals surface area (Å²) in [7, 11) is 0. The van der Waals surface area contributed by atoms with E-state index in [1.165, 1.54) is 0 Å². The minimum absolute atomic E-state index is 0.261. The van der Waals surface area contributed by atoms with E-state index in [9.17, 15) is 5.11 Å². The Morgan fingerprint density at radius 2 is 1.62 bits per heavy atom. The molecule has 0 aromatic carbocycles. The van der Waals surface area contributed by atoms with Crippen molar-refractivity contribution in [1.29, 1.82) is 0 Å². The molecule has 0 rings (SSSR count). The summed E-state index contributed by atoms with van der Waals surface area (Å²) in [4.78, 5) is 0. The molecular formula is C11H25NO. The quantitative estimate of drug-likeness (QED) is 0.640. The van der Waals surface area contributed by atoms with Crippen molar-refractivity contribution >= 4 is 0 Å². The summed E-state index contributed by atoms with van der Waals surface area (Å²) >= 11 is 0. The fraction of sp³-hybridized carbons (Fsp3) is 1.00. The largest absolute Gasteiger partial charge is 0.395 e. The van der Waals surface area contributed by atoms with Crippen molar-refractivity contribution in [1.82, 2.24) is 5.32 Å². The summed E-state index contributed by atoms with van der Waals surface area (Å²) in [6, 6.07) is 0.794. The van der Waals surface area contributed by atoms with Crippen molar-refractivity contribution in [2.45, 2.75) is 59.0 Å². The first-order valence-corrected chi connectivity index (χ1v) is 5.56. The molecule has 0 aliphatic carbocycles. The molecule has 0 heterocycles. The van der Waals surface area contributed by atoms with Gasteiger partial charge in [0, 0.05) is 12.1 Å². The molecule has 0 radical (unpaired) electrons. The van der Waals surface area contributed by atoms with Gasteiger partial charge in [-0.1, -0.05) is 33.6 Å². The number of hydrogen-bond acceptors (Lipinski definition) is 2. The SMILES string of the molecule is CCC(C)NC(CO)C(CC)CC. The Labute approximate surface area is 82.7 Å². The third-order valence-corrected chi connectivity index (χ3v) is 2.93. The number of aliphatic hydroxyl groups excluding tert-OH is 1. The van der Waals surface area contributed by atoms with E-state index < -0.39 is 0 Å². The molecule has 0 bridgehead atoms. The van der Waals surface area contributed by atoms with Gasteiger partial charge in [0.1, 0.15) is 0 Å². The molecule has 0 amide bonds. The van der Waals surface area contributed by atoms with Gasteiger partial charge < -0.3 is 10.4 Å². The molecular weight excluding hydrogens is 162 g/mol. The van der Waals surface area contributed by atoms with Crippen LogP contribution >= 0.6 is 0 Å². The van der Waals surface area contributed by atoms with E-state index >= 15 is 0 Å². The normalized spacial score (nSPS) is 16.2. The Morgan fingerprint density at radius 1 is 1.08 bits per heavy atom. The van der Waals surface area contributed by atoms with E-state index in [0.717, 1.165) is 19.3 Å². The average molecular weight is 187 g/mol. The van der Waals surface area contributed by atoms with Gasteiger partial charge in [-0.15, -0.1) is 0 Å². The Bertz CT molecular complexity index is 113. The maximum Gasteiger partial charge on any atom is 0.0587 e. The van der Waals surface area contributed by atoms with Crippen LogP contribution in [0, 0.1) is 5.92 Å². The van der Waals surface area contributed by atoms with Crippen LogP contribution in [0.3, 0.4) is 0 Å². The third kappa shape index (κ3) is 4.63. The third-order valence-electron chi connectivity index (χ3n) is 2.93. The van der Waals surface area contributed by atoms with E-state index in [2.05, 4.69) is 33.0 Å². The molecule has 0 aromatic heterocycles. The smallest absolute Gasteiger partial charge is 0.0587 e. The first kappa shape index (κ1) is 12.9. The van der Waals surface area contributed by atoms with Gasteiger partial charge in [0.2, 0.25) is 0 Å². The summed E-state index contributed by atoms with van der Waals surface area (Å²) in [5.74, 6) is 0.610. The minimum atomic E-state index is 0.261. The Kier molecular flexibility index (Phi) is 7.29. The molecule has 0 fully saturated rings. The molecule has 2 unspecified atom stereocenters. The van der Waals surface area contributed by atoms with E-state index in [4.69, 9.17) is 0 Å². The molecule has 0 aliphatic heterocycles. The predicted molar refractivity (Wildman–Crippen MR) is 57.8 cm³/mol. The van der Waals surface area contributed by atoms with Gasteiger partial charge in [0.25, 0.3) is 0 Å². The highest BCUT2D eigenvalue weighted by Crippen LogP contribution is 2.13. The topological polar surface area (TPSA) is 32.3 Å². The second-order valence-electron chi connectivity index (χ2n) is 3.84. The summed E-state index contributed by atoms with van der Waals surface area (Å²) in [6.45, 7) is 8.98. The van der Waals surface area contributed by atoms with Crippen LogP contribution in [0.1, 0.15) is 47.0 Å². The van der Waals surface area contributed by atoms with E-state index in [0.29, 0.717) is 12.0 Å². The lowest BCUT2D eigenvalue weighted by atomic mass is 9.94. The second-order valence-corrected chi connectivity index (χ2v) is 3.84. The second kappa shape index (κ2) is 7.34.